The maximum Gasteiger partial charge on any atom is 0.146 e. The molecular weight excluding hydrogens is 168 g/mol. The van der Waals surface area contributed by atoms with Crippen LogP contribution in [0.15, 0.2) is 12.7 Å². The van der Waals surface area contributed by atoms with Crippen molar-refractivity contribution in [3.8, 4) is 0 Å². The van der Waals surface area contributed by atoms with Gasteiger partial charge in [0, 0.05) is 20.3 Å². The lowest BCUT2D eigenvalue weighted by Crippen LogP contribution is -1.99. The third kappa shape index (κ3) is 11.6. The van der Waals surface area contributed by atoms with Gasteiger partial charge in [0.25, 0.3) is 0 Å². The summed E-state index contributed by atoms with van der Waals surface area (Å²) in [6, 6.07) is 0. The maximum absolute atomic E-state index is 5.23. The van der Waals surface area contributed by atoms with E-state index in [4.69, 9.17) is 14.2 Å². The highest BCUT2D eigenvalue weighted by Gasteiger charge is 1.89. The summed E-state index contributed by atoms with van der Waals surface area (Å²) in [5.74, 6) is 0. The standard InChI is InChI=1S/C10H20O3/c1-3-7-12-8-5-4-6-9-13-10-11-2/h3H,1,4-10H2,2H3. The third-order valence-corrected chi connectivity index (χ3v) is 1.51. The number of ether oxygens (including phenoxy) is 3. The van der Waals surface area contributed by atoms with Crippen molar-refractivity contribution in [2.45, 2.75) is 19.3 Å². The predicted octanol–water partition coefficient (Wildman–Crippen LogP) is 1.98. The summed E-state index contributed by atoms with van der Waals surface area (Å²) in [5, 5.41) is 0. The van der Waals surface area contributed by atoms with E-state index in [1.165, 1.54) is 0 Å². The number of rotatable bonds is 10. The molecule has 0 fully saturated rings. The Hall–Kier alpha value is -0.380. The van der Waals surface area contributed by atoms with Gasteiger partial charge in [0.1, 0.15) is 6.79 Å². The zero-order valence-corrected chi connectivity index (χ0v) is 8.46. The summed E-state index contributed by atoms with van der Waals surface area (Å²) in [5.41, 5.74) is 0. The molecule has 13 heavy (non-hydrogen) atoms. The Morgan fingerprint density at radius 1 is 1.08 bits per heavy atom. The van der Waals surface area contributed by atoms with Crippen LogP contribution < -0.4 is 0 Å². The molecule has 78 valence electrons. The number of unbranched alkanes of at least 4 members (excludes halogenated alkanes) is 2. The molecule has 0 heterocycles. The second kappa shape index (κ2) is 11.6. The van der Waals surface area contributed by atoms with E-state index in [0.717, 1.165) is 32.5 Å². The first-order valence-electron chi connectivity index (χ1n) is 4.67. The van der Waals surface area contributed by atoms with Crippen LogP contribution in [0.5, 0.6) is 0 Å². The lowest BCUT2D eigenvalue weighted by Gasteiger charge is -2.02. The molecule has 0 aromatic carbocycles. The van der Waals surface area contributed by atoms with Gasteiger partial charge in [-0.1, -0.05) is 6.08 Å². The molecule has 0 aromatic rings. The van der Waals surface area contributed by atoms with Crippen molar-refractivity contribution in [2.75, 3.05) is 33.7 Å². The van der Waals surface area contributed by atoms with Gasteiger partial charge < -0.3 is 14.2 Å². The molecule has 0 saturated carbocycles. The summed E-state index contributed by atoms with van der Waals surface area (Å²) in [7, 11) is 1.63. The fourth-order valence-corrected chi connectivity index (χ4v) is 0.894. The first-order valence-corrected chi connectivity index (χ1v) is 4.67. The van der Waals surface area contributed by atoms with Crippen molar-refractivity contribution in [1.29, 1.82) is 0 Å². The maximum atomic E-state index is 5.23. The third-order valence-electron chi connectivity index (χ3n) is 1.51. The quantitative estimate of drug-likeness (QED) is 0.298. The zero-order chi connectivity index (χ0) is 9.78. The van der Waals surface area contributed by atoms with Gasteiger partial charge in [0.05, 0.1) is 6.61 Å². The molecule has 3 nitrogen and oxygen atoms in total. The van der Waals surface area contributed by atoms with Gasteiger partial charge in [-0.25, -0.2) is 0 Å². The Bertz CT molecular complexity index is 104. The minimum Gasteiger partial charge on any atom is -0.377 e. The van der Waals surface area contributed by atoms with Crippen LogP contribution in [-0.4, -0.2) is 33.7 Å². The summed E-state index contributed by atoms with van der Waals surface area (Å²) >= 11 is 0. The molecule has 0 amide bonds. The van der Waals surface area contributed by atoms with E-state index in [1.807, 2.05) is 0 Å². The van der Waals surface area contributed by atoms with Crippen molar-refractivity contribution in [1.82, 2.24) is 0 Å². The largest absolute Gasteiger partial charge is 0.377 e. The Morgan fingerprint density at radius 3 is 2.38 bits per heavy atom. The molecule has 0 bridgehead atoms. The molecule has 0 radical (unpaired) electrons. The summed E-state index contributed by atoms with van der Waals surface area (Å²) in [4.78, 5) is 0. The summed E-state index contributed by atoms with van der Waals surface area (Å²) in [6.07, 6.45) is 5.06. The highest BCUT2D eigenvalue weighted by molar-refractivity contribution is 4.63. The van der Waals surface area contributed by atoms with E-state index in [2.05, 4.69) is 6.58 Å². The average Bonchev–Trinajstić information content (AvgIpc) is 2.16. The van der Waals surface area contributed by atoms with Gasteiger partial charge in [-0.2, -0.15) is 0 Å². The first kappa shape index (κ1) is 12.6. The van der Waals surface area contributed by atoms with Crippen molar-refractivity contribution in [3.63, 3.8) is 0 Å². The molecule has 0 aliphatic heterocycles. The van der Waals surface area contributed by atoms with Gasteiger partial charge in [-0.3, -0.25) is 0 Å². The van der Waals surface area contributed by atoms with Crippen LogP contribution in [0.3, 0.4) is 0 Å². The van der Waals surface area contributed by atoms with Crippen molar-refractivity contribution in [2.24, 2.45) is 0 Å². The van der Waals surface area contributed by atoms with E-state index >= 15 is 0 Å². The van der Waals surface area contributed by atoms with Crippen LogP contribution in [0.4, 0.5) is 0 Å². The Balaban J connectivity index is 2.79. The Kier molecular flexibility index (Phi) is 11.3. The molecule has 0 unspecified atom stereocenters. The Morgan fingerprint density at radius 2 is 1.77 bits per heavy atom. The number of methoxy groups -OCH3 is 1. The highest BCUT2D eigenvalue weighted by atomic mass is 16.7. The Labute approximate surface area is 80.7 Å². The predicted molar refractivity (Wildman–Crippen MR) is 52.7 cm³/mol. The fraction of sp³-hybridized carbons (Fsp3) is 0.800. The minimum absolute atomic E-state index is 0.396. The van der Waals surface area contributed by atoms with Crippen LogP contribution in [0.25, 0.3) is 0 Å². The van der Waals surface area contributed by atoms with E-state index < -0.39 is 0 Å². The molecule has 0 spiro atoms. The SMILES string of the molecule is C=CCOCCCCCOCOC. The van der Waals surface area contributed by atoms with E-state index in [1.54, 1.807) is 13.2 Å². The molecule has 0 rings (SSSR count). The van der Waals surface area contributed by atoms with E-state index in [-0.39, 0.29) is 0 Å². The molecule has 0 atom stereocenters. The van der Waals surface area contributed by atoms with Gasteiger partial charge >= 0.3 is 0 Å². The molecule has 0 N–H and O–H groups in total. The first-order chi connectivity index (χ1) is 6.41. The van der Waals surface area contributed by atoms with Crippen LogP contribution in [-0.2, 0) is 14.2 Å². The molecule has 0 saturated heterocycles. The molecule has 3 heteroatoms. The highest BCUT2D eigenvalue weighted by Crippen LogP contribution is 1.96. The number of hydrogen-bond donors (Lipinski definition) is 0. The topological polar surface area (TPSA) is 27.7 Å². The molecule has 0 aliphatic rings. The van der Waals surface area contributed by atoms with Gasteiger partial charge in [-0.15, -0.1) is 6.58 Å². The fourth-order valence-electron chi connectivity index (χ4n) is 0.894. The summed E-state index contributed by atoms with van der Waals surface area (Å²) < 4.78 is 15.1. The lowest BCUT2D eigenvalue weighted by atomic mass is 10.2. The second-order valence-electron chi connectivity index (χ2n) is 2.74. The normalized spacial score (nSPS) is 10.2. The van der Waals surface area contributed by atoms with Gasteiger partial charge in [-0.05, 0) is 19.3 Å². The minimum atomic E-state index is 0.396. The van der Waals surface area contributed by atoms with Crippen LogP contribution in [0, 0.1) is 0 Å². The van der Waals surface area contributed by atoms with Gasteiger partial charge in [0.2, 0.25) is 0 Å². The monoisotopic (exact) mass is 188 g/mol. The van der Waals surface area contributed by atoms with Crippen molar-refractivity contribution in [3.05, 3.63) is 12.7 Å². The molecule has 0 aliphatic carbocycles. The lowest BCUT2D eigenvalue weighted by molar-refractivity contribution is -0.0318. The van der Waals surface area contributed by atoms with Crippen molar-refractivity contribution >= 4 is 0 Å². The average molecular weight is 188 g/mol. The zero-order valence-electron chi connectivity index (χ0n) is 8.46. The van der Waals surface area contributed by atoms with Crippen LogP contribution in [0.1, 0.15) is 19.3 Å². The number of hydrogen-bond acceptors (Lipinski definition) is 3. The van der Waals surface area contributed by atoms with Gasteiger partial charge in [0.15, 0.2) is 0 Å². The molecule has 0 aromatic heterocycles. The van der Waals surface area contributed by atoms with Crippen LogP contribution in [0.2, 0.25) is 0 Å². The van der Waals surface area contributed by atoms with Crippen molar-refractivity contribution < 1.29 is 14.2 Å². The smallest absolute Gasteiger partial charge is 0.146 e. The van der Waals surface area contributed by atoms with E-state index in [9.17, 15) is 0 Å². The second-order valence-corrected chi connectivity index (χ2v) is 2.74. The van der Waals surface area contributed by atoms with E-state index in [0.29, 0.717) is 13.4 Å². The molecular formula is C10H20O3. The van der Waals surface area contributed by atoms with Crippen LogP contribution >= 0.6 is 0 Å². The summed E-state index contributed by atoms with van der Waals surface area (Å²) in [6.45, 7) is 6.21.